The molecule has 0 radical (unpaired) electrons. The molecule has 2 aromatic rings. The van der Waals surface area contributed by atoms with E-state index >= 15 is 0 Å². The predicted molar refractivity (Wildman–Crippen MR) is 82.2 cm³/mol. The lowest BCUT2D eigenvalue weighted by molar-refractivity contribution is -0.125. The second-order valence-corrected chi connectivity index (χ2v) is 5.88. The molecule has 5 heteroatoms. The van der Waals surface area contributed by atoms with Gasteiger partial charge in [-0.15, -0.1) is 0 Å². The van der Waals surface area contributed by atoms with Crippen molar-refractivity contribution in [1.82, 2.24) is 14.9 Å². The first kappa shape index (κ1) is 14.1. The summed E-state index contributed by atoms with van der Waals surface area (Å²) >= 11 is 5.95. The van der Waals surface area contributed by atoms with Crippen molar-refractivity contribution in [2.75, 3.05) is 6.54 Å². The Balaban J connectivity index is 1.49. The van der Waals surface area contributed by atoms with Gasteiger partial charge in [-0.3, -0.25) is 4.79 Å². The molecule has 1 N–H and O–H groups in total. The molecule has 1 atom stereocenters. The first-order chi connectivity index (χ1) is 10.2. The van der Waals surface area contributed by atoms with Crippen LogP contribution in [0.15, 0.2) is 36.8 Å². The van der Waals surface area contributed by atoms with Gasteiger partial charge in [0.25, 0.3) is 0 Å². The topological polar surface area (TPSA) is 46.9 Å². The van der Waals surface area contributed by atoms with Gasteiger partial charge in [0.2, 0.25) is 5.91 Å². The summed E-state index contributed by atoms with van der Waals surface area (Å²) < 4.78 is 2.12. The number of halogens is 1. The molecule has 21 heavy (non-hydrogen) atoms. The average molecular weight is 304 g/mol. The Morgan fingerprint density at radius 1 is 1.48 bits per heavy atom. The number of rotatable bonds is 4. The lowest BCUT2D eigenvalue weighted by Gasteiger charge is -2.22. The number of aromatic nitrogens is 2. The van der Waals surface area contributed by atoms with Crippen LogP contribution in [0, 0.1) is 5.92 Å². The van der Waals surface area contributed by atoms with Crippen LogP contribution in [0.1, 0.15) is 17.7 Å². The van der Waals surface area contributed by atoms with E-state index in [0.717, 1.165) is 42.1 Å². The third kappa shape index (κ3) is 3.45. The van der Waals surface area contributed by atoms with Crippen LogP contribution in [0.2, 0.25) is 5.02 Å². The molecule has 1 amide bonds. The molecule has 0 spiro atoms. The predicted octanol–water partition coefficient (Wildman–Crippen LogP) is 2.46. The second kappa shape index (κ2) is 6.31. The first-order valence-electron chi connectivity index (χ1n) is 7.23. The fraction of sp³-hybridized carbons (Fsp3) is 0.375. The quantitative estimate of drug-likeness (QED) is 0.943. The number of benzene rings is 1. The fourth-order valence-electron chi connectivity index (χ4n) is 2.76. The summed E-state index contributed by atoms with van der Waals surface area (Å²) in [5.41, 5.74) is 2.29. The number of amides is 1. The maximum absolute atomic E-state index is 12.2. The second-order valence-electron chi connectivity index (χ2n) is 5.44. The molecule has 4 nitrogen and oxygen atoms in total. The van der Waals surface area contributed by atoms with Crippen molar-refractivity contribution in [2.45, 2.75) is 25.8 Å². The standard InChI is InChI=1S/C16H18ClN3O/c17-14-3-1-2-12(8-14)4-6-19-16(21)13-5-7-20-11-18-10-15(20)9-13/h1-3,8,10-11,13H,4-7,9H2,(H,19,21). The Hall–Kier alpha value is -1.81. The van der Waals surface area contributed by atoms with Gasteiger partial charge in [-0.1, -0.05) is 23.7 Å². The highest BCUT2D eigenvalue weighted by Gasteiger charge is 2.24. The van der Waals surface area contributed by atoms with Gasteiger partial charge < -0.3 is 9.88 Å². The third-order valence-corrected chi connectivity index (χ3v) is 4.18. The summed E-state index contributed by atoms with van der Waals surface area (Å²) in [6, 6.07) is 7.75. The first-order valence-corrected chi connectivity index (χ1v) is 7.61. The van der Waals surface area contributed by atoms with Crippen LogP contribution >= 0.6 is 11.6 Å². The number of carbonyl (C=O) groups excluding carboxylic acids is 1. The Kier molecular flexibility index (Phi) is 4.25. The molecule has 1 aromatic carbocycles. The van der Waals surface area contributed by atoms with Gasteiger partial charge in [0.1, 0.15) is 0 Å². The molecule has 110 valence electrons. The van der Waals surface area contributed by atoms with E-state index < -0.39 is 0 Å². The van der Waals surface area contributed by atoms with Crippen molar-refractivity contribution in [1.29, 1.82) is 0 Å². The zero-order valence-electron chi connectivity index (χ0n) is 11.8. The zero-order valence-corrected chi connectivity index (χ0v) is 12.5. The summed E-state index contributed by atoms with van der Waals surface area (Å²) in [4.78, 5) is 16.3. The minimum Gasteiger partial charge on any atom is -0.356 e. The molecular formula is C16H18ClN3O. The minimum atomic E-state index is 0.0635. The number of hydrogen-bond donors (Lipinski definition) is 1. The van der Waals surface area contributed by atoms with Crippen LogP contribution in [0.5, 0.6) is 0 Å². The number of carbonyl (C=O) groups is 1. The van der Waals surface area contributed by atoms with Crippen LogP contribution in [-0.4, -0.2) is 22.0 Å². The lowest BCUT2D eigenvalue weighted by Crippen LogP contribution is -2.36. The van der Waals surface area contributed by atoms with Gasteiger partial charge in [0.15, 0.2) is 0 Å². The van der Waals surface area contributed by atoms with E-state index in [0.29, 0.717) is 6.54 Å². The highest BCUT2D eigenvalue weighted by Crippen LogP contribution is 2.20. The summed E-state index contributed by atoms with van der Waals surface area (Å²) in [5, 5.41) is 3.77. The van der Waals surface area contributed by atoms with Crippen molar-refractivity contribution >= 4 is 17.5 Å². The highest BCUT2D eigenvalue weighted by atomic mass is 35.5. The van der Waals surface area contributed by atoms with E-state index in [1.54, 1.807) is 0 Å². The number of nitrogens with one attached hydrogen (secondary N) is 1. The maximum atomic E-state index is 12.2. The monoisotopic (exact) mass is 303 g/mol. The molecule has 3 rings (SSSR count). The van der Waals surface area contributed by atoms with Crippen molar-refractivity contribution in [2.24, 2.45) is 5.92 Å². The normalized spacial score (nSPS) is 17.3. The van der Waals surface area contributed by atoms with Gasteiger partial charge in [0.05, 0.1) is 6.33 Å². The molecule has 0 fully saturated rings. The molecule has 1 aliphatic rings. The molecule has 2 heterocycles. The molecule has 0 aliphatic carbocycles. The Bertz CT molecular complexity index is 638. The number of nitrogens with zero attached hydrogens (tertiary/aromatic N) is 2. The largest absolute Gasteiger partial charge is 0.356 e. The number of fused-ring (bicyclic) bond motifs is 1. The van der Waals surface area contributed by atoms with Crippen LogP contribution in [0.3, 0.4) is 0 Å². The van der Waals surface area contributed by atoms with Crippen LogP contribution in [0.4, 0.5) is 0 Å². The van der Waals surface area contributed by atoms with Crippen LogP contribution < -0.4 is 5.32 Å². The number of hydrogen-bond acceptors (Lipinski definition) is 2. The molecule has 0 bridgehead atoms. The van der Waals surface area contributed by atoms with Crippen LogP contribution in [-0.2, 0) is 24.2 Å². The molecule has 0 saturated carbocycles. The molecule has 1 unspecified atom stereocenters. The van der Waals surface area contributed by atoms with Gasteiger partial charge in [0, 0.05) is 42.3 Å². The Morgan fingerprint density at radius 3 is 3.24 bits per heavy atom. The van der Waals surface area contributed by atoms with Crippen molar-refractivity contribution in [3.8, 4) is 0 Å². The van der Waals surface area contributed by atoms with Gasteiger partial charge >= 0.3 is 0 Å². The summed E-state index contributed by atoms with van der Waals surface area (Å²) in [7, 11) is 0. The van der Waals surface area contributed by atoms with E-state index in [1.165, 1.54) is 0 Å². The average Bonchev–Trinajstić information content (AvgIpc) is 2.94. The van der Waals surface area contributed by atoms with Gasteiger partial charge in [-0.05, 0) is 30.5 Å². The summed E-state index contributed by atoms with van der Waals surface area (Å²) in [5.74, 6) is 0.207. The van der Waals surface area contributed by atoms with E-state index in [9.17, 15) is 4.79 Å². The fourth-order valence-corrected chi connectivity index (χ4v) is 2.97. The van der Waals surface area contributed by atoms with E-state index in [-0.39, 0.29) is 11.8 Å². The maximum Gasteiger partial charge on any atom is 0.223 e. The zero-order chi connectivity index (χ0) is 14.7. The van der Waals surface area contributed by atoms with Crippen LogP contribution in [0.25, 0.3) is 0 Å². The van der Waals surface area contributed by atoms with E-state index in [4.69, 9.17) is 11.6 Å². The smallest absolute Gasteiger partial charge is 0.223 e. The molecule has 0 saturated heterocycles. The summed E-state index contributed by atoms with van der Waals surface area (Å²) in [6.07, 6.45) is 6.15. The Labute approximate surface area is 129 Å². The lowest BCUT2D eigenvalue weighted by atomic mass is 9.95. The minimum absolute atomic E-state index is 0.0635. The highest BCUT2D eigenvalue weighted by molar-refractivity contribution is 6.30. The van der Waals surface area contributed by atoms with E-state index in [2.05, 4.69) is 14.9 Å². The van der Waals surface area contributed by atoms with Gasteiger partial charge in [-0.25, -0.2) is 4.98 Å². The van der Waals surface area contributed by atoms with Crippen molar-refractivity contribution in [3.63, 3.8) is 0 Å². The molecular weight excluding hydrogens is 286 g/mol. The Morgan fingerprint density at radius 2 is 2.38 bits per heavy atom. The summed E-state index contributed by atoms with van der Waals surface area (Å²) in [6.45, 7) is 1.52. The molecule has 1 aromatic heterocycles. The number of aryl methyl sites for hydroxylation is 1. The van der Waals surface area contributed by atoms with Crippen molar-refractivity contribution in [3.05, 3.63) is 53.1 Å². The third-order valence-electron chi connectivity index (χ3n) is 3.95. The van der Waals surface area contributed by atoms with E-state index in [1.807, 2.05) is 36.8 Å². The SMILES string of the molecule is O=C(NCCc1cccc(Cl)c1)C1CCn2cncc2C1. The molecule has 1 aliphatic heterocycles. The van der Waals surface area contributed by atoms with Gasteiger partial charge in [-0.2, -0.15) is 0 Å². The van der Waals surface area contributed by atoms with Crippen molar-refractivity contribution < 1.29 is 4.79 Å². The number of imidazole rings is 1.